The third kappa shape index (κ3) is 25.1. The van der Waals surface area contributed by atoms with Crippen LogP contribution in [0.2, 0.25) is 0 Å². The molecule has 0 aliphatic heterocycles. The molecule has 0 aliphatic carbocycles. The van der Waals surface area contributed by atoms with E-state index in [1.165, 1.54) is 21.9 Å². The molecule has 0 saturated carbocycles. The molecule has 67 heavy (non-hydrogen) atoms. The summed E-state index contributed by atoms with van der Waals surface area (Å²) in [6.45, 7) is -0.0422. The quantitative estimate of drug-likeness (QED) is 0.0346. The van der Waals surface area contributed by atoms with Crippen molar-refractivity contribution in [3.05, 3.63) is 58.7 Å². The number of carboxylic acid groups (broad SMARTS) is 6. The van der Waals surface area contributed by atoms with Gasteiger partial charge in [-0.2, -0.15) is 0 Å². The molecule has 0 bridgehead atoms. The number of hydrogen-bond acceptors (Lipinski definition) is 13. The van der Waals surface area contributed by atoms with Crippen molar-refractivity contribution < 1.29 is 79.2 Å². The predicted octanol–water partition coefficient (Wildman–Crippen LogP) is 1.72. The first-order valence-corrected chi connectivity index (χ1v) is 22.1. The van der Waals surface area contributed by atoms with E-state index in [4.69, 9.17) is 22.4 Å². The number of aryl methyl sites for hydroxylation is 2. The molecular weight excluding hydrogens is 901 g/mol. The number of amides is 2. The third-order valence-electron chi connectivity index (χ3n) is 10.3. The van der Waals surface area contributed by atoms with E-state index in [-0.39, 0.29) is 93.1 Å². The van der Waals surface area contributed by atoms with Crippen molar-refractivity contribution in [2.45, 2.75) is 109 Å². The first-order chi connectivity index (χ1) is 31.7. The van der Waals surface area contributed by atoms with Gasteiger partial charge < -0.3 is 62.1 Å². The summed E-state index contributed by atoms with van der Waals surface area (Å²) in [5.74, 6) is -7.62. The van der Waals surface area contributed by atoms with Gasteiger partial charge in [0.1, 0.15) is 23.6 Å². The fourth-order valence-electron chi connectivity index (χ4n) is 6.76. The number of thiocarbonyl (C=S) groups is 1. The Kier molecular flexibility index (Phi) is 25.8. The van der Waals surface area contributed by atoms with E-state index in [1.54, 1.807) is 24.3 Å². The van der Waals surface area contributed by atoms with E-state index in [0.717, 1.165) is 0 Å². The summed E-state index contributed by atoms with van der Waals surface area (Å²) in [6.07, 6.45) is 2.97. The fourth-order valence-corrected chi connectivity index (χ4v) is 7.04. The molecule has 0 aliphatic rings. The lowest BCUT2D eigenvalue weighted by molar-refractivity contribution is -0.141. The number of aliphatic carboxylic acids is 6. The van der Waals surface area contributed by atoms with Gasteiger partial charge in [0.2, 0.25) is 11.8 Å². The summed E-state index contributed by atoms with van der Waals surface area (Å²) in [6, 6.07) is 6.93. The Balaban J connectivity index is 1.75. The van der Waals surface area contributed by atoms with Gasteiger partial charge in [0.25, 0.3) is 0 Å². The summed E-state index contributed by atoms with van der Waals surface area (Å²) in [5, 5.41) is 87.2. The van der Waals surface area contributed by atoms with Crippen molar-refractivity contribution in [1.29, 1.82) is 0 Å². The second-order valence-electron chi connectivity index (χ2n) is 15.9. The number of phenols is 2. The van der Waals surface area contributed by atoms with Gasteiger partial charge in [0.05, 0.1) is 13.1 Å². The number of benzene rings is 2. The van der Waals surface area contributed by atoms with E-state index in [0.29, 0.717) is 73.9 Å². The van der Waals surface area contributed by atoms with Crippen LogP contribution in [-0.4, -0.2) is 155 Å². The maximum Gasteiger partial charge on any atom is 0.326 e. The zero-order chi connectivity index (χ0) is 49.9. The van der Waals surface area contributed by atoms with Gasteiger partial charge in [-0.05, 0) is 86.8 Å². The van der Waals surface area contributed by atoms with Gasteiger partial charge in [-0.1, -0.05) is 30.7 Å². The minimum Gasteiger partial charge on any atom is -0.508 e. The molecule has 370 valence electrons. The second kappa shape index (κ2) is 30.6. The normalized spacial score (nSPS) is 11.9. The Hall–Kier alpha value is -6.59. The van der Waals surface area contributed by atoms with E-state index in [1.807, 2.05) is 0 Å². The molecule has 0 saturated heterocycles. The van der Waals surface area contributed by atoms with Crippen LogP contribution in [0.1, 0.15) is 92.9 Å². The molecule has 0 heterocycles. The maximum atomic E-state index is 12.6. The number of carboxylic acids is 6. The van der Waals surface area contributed by atoms with E-state index in [2.05, 4.69) is 21.3 Å². The highest BCUT2D eigenvalue weighted by Crippen LogP contribution is 2.23. The molecule has 23 heteroatoms. The number of nitrogens with zero attached hydrogens (tertiary/aromatic N) is 2. The van der Waals surface area contributed by atoms with Gasteiger partial charge >= 0.3 is 35.8 Å². The standard InChI is InChI=1S/C44H62N6O16S/c51-34-13-8-28(22-30(34)24-49(26-40(59)60)20-21-50(27-41(61)62)25-31-23-29(9-14-35(31)52)11-16-38(55)56)10-15-37(54)46-18-4-1-2-7-36(53)45-19-5-3-6-32(42(63)64)47-44(67)48-33(43(65)66)12-17-39(57)58/h8-9,13-14,22-23,32-33,51-52H,1-7,10-12,15-21,24-27H2,(H,45,53)(H,46,54)(H,55,56)(H,57,58)(H,59,60)(H,61,62)(H,63,64)(H,65,66)(H2,47,48,67)/t32-,33-/m0/s1. The average molecular weight is 963 g/mol. The van der Waals surface area contributed by atoms with Crippen molar-refractivity contribution >= 4 is 65.0 Å². The number of hydrogen-bond donors (Lipinski definition) is 12. The topological polar surface area (TPSA) is 353 Å². The molecule has 2 amide bonds. The van der Waals surface area contributed by atoms with Crippen LogP contribution in [0, 0.1) is 0 Å². The molecule has 0 unspecified atom stereocenters. The largest absolute Gasteiger partial charge is 0.508 e. The van der Waals surface area contributed by atoms with Crippen molar-refractivity contribution in [2.24, 2.45) is 0 Å². The van der Waals surface area contributed by atoms with E-state index < -0.39 is 67.4 Å². The average Bonchev–Trinajstić information content (AvgIpc) is 3.24. The van der Waals surface area contributed by atoms with Crippen LogP contribution < -0.4 is 21.3 Å². The van der Waals surface area contributed by atoms with Crippen molar-refractivity contribution in [3.63, 3.8) is 0 Å². The summed E-state index contributed by atoms with van der Waals surface area (Å²) in [7, 11) is 0. The Morgan fingerprint density at radius 2 is 0.970 bits per heavy atom. The van der Waals surface area contributed by atoms with Crippen LogP contribution in [0.3, 0.4) is 0 Å². The number of carbonyl (C=O) groups excluding carboxylic acids is 2. The Bertz CT molecular complexity index is 2020. The van der Waals surface area contributed by atoms with Crippen LogP contribution in [0.15, 0.2) is 36.4 Å². The lowest BCUT2D eigenvalue weighted by Crippen LogP contribution is -2.51. The number of phenolic OH excluding ortho intramolecular Hbond substituents is 2. The van der Waals surface area contributed by atoms with Crippen molar-refractivity contribution in [1.82, 2.24) is 31.1 Å². The number of unbranched alkanes of at least 4 members (excludes halogenated alkanes) is 3. The molecule has 2 aromatic carbocycles. The zero-order valence-corrected chi connectivity index (χ0v) is 37.9. The second-order valence-corrected chi connectivity index (χ2v) is 16.3. The molecule has 2 rings (SSSR count). The van der Waals surface area contributed by atoms with Crippen LogP contribution in [0.25, 0.3) is 0 Å². The Morgan fingerprint density at radius 3 is 1.43 bits per heavy atom. The SMILES string of the molecule is O=C(O)CCc1ccc(O)c(CN(CCN(CC(=O)O)Cc2cc(CCC(=O)NCCCCCC(=O)NCCCC[C@H](NC(=S)N[C@@H](CCC(=O)O)C(=O)O)C(=O)O)ccc2O)CC(=O)O)c1. The smallest absolute Gasteiger partial charge is 0.326 e. The molecule has 0 radical (unpaired) electrons. The van der Waals surface area contributed by atoms with E-state index in [9.17, 15) is 69.0 Å². The molecule has 2 atom stereocenters. The monoisotopic (exact) mass is 962 g/mol. The Labute approximate surface area is 392 Å². The lowest BCUT2D eigenvalue weighted by atomic mass is 10.0. The predicted molar refractivity (Wildman–Crippen MR) is 243 cm³/mol. The van der Waals surface area contributed by atoms with Gasteiger partial charge in [-0.15, -0.1) is 0 Å². The highest BCUT2D eigenvalue weighted by Gasteiger charge is 2.24. The molecule has 0 spiro atoms. The summed E-state index contributed by atoms with van der Waals surface area (Å²) < 4.78 is 0. The molecule has 22 nitrogen and oxygen atoms in total. The molecular formula is C44H62N6O16S. The highest BCUT2D eigenvalue weighted by atomic mass is 32.1. The van der Waals surface area contributed by atoms with Crippen LogP contribution in [0.5, 0.6) is 11.5 Å². The van der Waals surface area contributed by atoms with Gasteiger partial charge in [-0.3, -0.25) is 38.6 Å². The van der Waals surface area contributed by atoms with Crippen molar-refractivity contribution in [2.75, 3.05) is 39.3 Å². The minimum absolute atomic E-state index is 0.00834. The van der Waals surface area contributed by atoms with Gasteiger partial charge in [0, 0.05) is 76.1 Å². The number of carbonyl (C=O) groups is 8. The summed E-state index contributed by atoms with van der Waals surface area (Å²) in [4.78, 5) is 96.2. The lowest BCUT2D eigenvalue weighted by Gasteiger charge is -2.26. The summed E-state index contributed by atoms with van der Waals surface area (Å²) in [5.41, 5.74) is 2.14. The first kappa shape index (κ1) is 56.5. The maximum absolute atomic E-state index is 12.6. The third-order valence-corrected chi connectivity index (χ3v) is 10.5. The number of aromatic hydroxyl groups is 2. The van der Waals surface area contributed by atoms with E-state index >= 15 is 0 Å². The van der Waals surface area contributed by atoms with Gasteiger partial charge in [0.15, 0.2) is 5.11 Å². The van der Waals surface area contributed by atoms with Gasteiger partial charge in [-0.25, -0.2) is 9.59 Å². The first-order valence-electron chi connectivity index (χ1n) is 21.7. The molecule has 12 N–H and O–H groups in total. The van der Waals surface area contributed by atoms with Crippen LogP contribution in [-0.2, 0) is 64.3 Å². The fraction of sp³-hybridized carbons (Fsp3) is 0.523. The highest BCUT2D eigenvalue weighted by molar-refractivity contribution is 7.80. The molecule has 2 aromatic rings. The zero-order valence-electron chi connectivity index (χ0n) is 37.1. The Morgan fingerprint density at radius 1 is 0.522 bits per heavy atom. The van der Waals surface area contributed by atoms with Crippen LogP contribution >= 0.6 is 12.2 Å². The number of nitrogens with one attached hydrogen (secondary N) is 4. The molecule has 0 aromatic heterocycles. The minimum atomic E-state index is -1.33. The summed E-state index contributed by atoms with van der Waals surface area (Å²) >= 11 is 5.02. The number of rotatable bonds is 35. The molecule has 0 fully saturated rings. The van der Waals surface area contributed by atoms with Crippen molar-refractivity contribution in [3.8, 4) is 11.5 Å². The van der Waals surface area contributed by atoms with Crippen LogP contribution in [0.4, 0.5) is 0 Å².